The van der Waals surface area contributed by atoms with Crippen LogP contribution < -0.4 is 10.1 Å². The highest BCUT2D eigenvalue weighted by Gasteiger charge is 2.50. The smallest absolute Gasteiger partial charge is 0.274 e. The zero-order valence-electron chi connectivity index (χ0n) is 19.9. The lowest BCUT2D eigenvalue weighted by Crippen LogP contribution is -2.61. The molecule has 36 heavy (non-hydrogen) atoms. The fraction of sp³-hybridized carbons (Fsp3) is 0.385. The second-order valence-electron chi connectivity index (χ2n) is 9.45. The van der Waals surface area contributed by atoms with Crippen molar-refractivity contribution in [3.63, 3.8) is 0 Å². The number of nitrogens with one attached hydrogen (secondary N) is 2. The molecule has 8 nitrogen and oxygen atoms in total. The van der Waals surface area contributed by atoms with Crippen LogP contribution in [0.5, 0.6) is 5.88 Å². The molecule has 3 heterocycles. The van der Waals surface area contributed by atoms with Gasteiger partial charge >= 0.3 is 0 Å². The largest absolute Gasteiger partial charge is 0.481 e. The van der Waals surface area contributed by atoms with Crippen molar-refractivity contribution in [2.24, 2.45) is 5.92 Å². The van der Waals surface area contributed by atoms with Crippen LogP contribution in [0.15, 0.2) is 42.6 Å². The summed E-state index contributed by atoms with van der Waals surface area (Å²) in [6.07, 6.45) is 5.59. The summed E-state index contributed by atoms with van der Waals surface area (Å²) < 4.78 is 5.19. The molecule has 1 atom stereocenters. The van der Waals surface area contributed by atoms with E-state index in [9.17, 15) is 9.59 Å². The van der Waals surface area contributed by atoms with Crippen LogP contribution in [-0.2, 0) is 11.3 Å². The number of carbonyl (C=O) groups is 2. The van der Waals surface area contributed by atoms with Crippen LogP contribution in [0.25, 0.3) is 11.3 Å². The minimum Gasteiger partial charge on any atom is -0.481 e. The Kier molecular flexibility index (Phi) is 6.90. The molecule has 0 radical (unpaired) electrons. The number of carbonyl (C=O) groups excluding carboxylic acids is 2. The molecule has 1 unspecified atom stereocenters. The Morgan fingerprint density at radius 3 is 2.81 bits per heavy atom. The lowest BCUT2D eigenvalue weighted by Gasteiger charge is -2.54. The summed E-state index contributed by atoms with van der Waals surface area (Å²) in [7, 11) is 1.53. The number of hydrogen-bond donors (Lipinski definition) is 2. The highest BCUT2D eigenvalue weighted by atomic mass is 35.5. The minimum atomic E-state index is -0.302. The number of aromatic amines is 1. The van der Waals surface area contributed by atoms with Gasteiger partial charge in [0.2, 0.25) is 11.8 Å². The van der Waals surface area contributed by atoms with Crippen molar-refractivity contribution >= 4 is 35.0 Å². The number of aromatic nitrogens is 3. The number of nitrogens with zero attached hydrogens (tertiary/aromatic N) is 3. The van der Waals surface area contributed by atoms with Crippen molar-refractivity contribution in [2.45, 2.75) is 44.2 Å². The average Bonchev–Trinajstić information content (AvgIpc) is 3.36. The normalized spacial score (nSPS) is 18.5. The van der Waals surface area contributed by atoms with Gasteiger partial charge in [0.05, 0.1) is 24.0 Å². The van der Waals surface area contributed by atoms with Crippen LogP contribution >= 0.6 is 23.2 Å². The summed E-state index contributed by atoms with van der Waals surface area (Å²) in [5.41, 5.74) is 2.25. The zero-order chi connectivity index (χ0) is 25.3. The molecular weight excluding hydrogens is 501 g/mol. The Hall–Kier alpha value is -3.10. The highest BCUT2D eigenvalue weighted by Crippen LogP contribution is 2.47. The summed E-state index contributed by atoms with van der Waals surface area (Å²) in [5.74, 6) is 0.177. The molecule has 2 aromatic heterocycles. The van der Waals surface area contributed by atoms with E-state index in [2.05, 4.69) is 20.5 Å². The number of methoxy groups -OCH3 is 1. The third kappa shape index (κ3) is 4.80. The summed E-state index contributed by atoms with van der Waals surface area (Å²) in [4.78, 5) is 32.5. The average molecular weight is 528 g/mol. The topological polar surface area (TPSA) is 100 Å². The fourth-order valence-corrected chi connectivity index (χ4v) is 5.64. The van der Waals surface area contributed by atoms with Crippen molar-refractivity contribution < 1.29 is 14.3 Å². The van der Waals surface area contributed by atoms with E-state index in [1.54, 1.807) is 12.1 Å². The molecule has 5 rings (SSSR count). The van der Waals surface area contributed by atoms with Gasteiger partial charge in [-0.1, -0.05) is 35.3 Å². The van der Waals surface area contributed by atoms with E-state index < -0.39 is 0 Å². The van der Waals surface area contributed by atoms with Gasteiger partial charge in [-0.05, 0) is 55.9 Å². The predicted molar refractivity (Wildman–Crippen MR) is 137 cm³/mol. The summed E-state index contributed by atoms with van der Waals surface area (Å²) in [6.45, 7) is 0.948. The highest BCUT2D eigenvalue weighted by molar-refractivity contribution is 6.33. The van der Waals surface area contributed by atoms with Crippen LogP contribution in [0, 0.1) is 5.92 Å². The zero-order valence-corrected chi connectivity index (χ0v) is 21.4. The third-order valence-corrected chi connectivity index (χ3v) is 7.82. The molecular formula is C26H27Cl2N5O3. The molecule has 2 amide bonds. The second-order valence-corrected chi connectivity index (χ2v) is 10.3. The lowest BCUT2D eigenvalue weighted by molar-refractivity contribution is -0.130. The van der Waals surface area contributed by atoms with Crippen molar-refractivity contribution in [3.8, 4) is 17.1 Å². The number of pyridine rings is 1. The maximum Gasteiger partial charge on any atom is 0.274 e. The summed E-state index contributed by atoms with van der Waals surface area (Å²) in [6, 6.07) is 10.9. The first kappa shape index (κ1) is 24.6. The molecule has 2 N–H and O–H groups in total. The number of rotatable bonds is 6. The number of benzene rings is 1. The molecule has 1 spiro atoms. The Morgan fingerprint density at radius 2 is 2.08 bits per heavy atom. The van der Waals surface area contributed by atoms with Crippen LogP contribution in [0.3, 0.4) is 0 Å². The van der Waals surface area contributed by atoms with Gasteiger partial charge in [0.15, 0.2) is 5.69 Å². The molecule has 188 valence electrons. The summed E-state index contributed by atoms with van der Waals surface area (Å²) >= 11 is 12.4. The van der Waals surface area contributed by atoms with Crippen molar-refractivity contribution in [3.05, 3.63) is 63.9 Å². The molecule has 1 saturated heterocycles. The maximum atomic E-state index is 13.5. The first-order valence-corrected chi connectivity index (χ1v) is 12.7. The van der Waals surface area contributed by atoms with Gasteiger partial charge < -0.3 is 15.0 Å². The SMILES string of the molecule is COc1cc(-c2cc(C(=O)N3CCC(C(=O)NCc4cccc(Cl)c4)CC34CCC4)n[nH]2)c(Cl)cn1. The van der Waals surface area contributed by atoms with E-state index in [0.29, 0.717) is 58.8 Å². The fourth-order valence-electron chi connectivity index (χ4n) is 5.22. The van der Waals surface area contributed by atoms with Gasteiger partial charge in [-0.2, -0.15) is 5.10 Å². The van der Waals surface area contributed by atoms with Gasteiger partial charge in [0.1, 0.15) is 0 Å². The first-order valence-electron chi connectivity index (χ1n) is 12.0. The van der Waals surface area contributed by atoms with Crippen molar-refractivity contribution in [2.75, 3.05) is 13.7 Å². The first-order chi connectivity index (χ1) is 17.4. The molecule has 1 aromatic carbocycles. The number of halogens is 2. The van der Waals surface area contributed by atoms with Gasteiger partial charge in [0.25, 0.3) is 5.91 Å². The van der Waals surface area contributed by atoms with E-state index in [-0.39, 0.29) is 23.3 Å². The van der Waals surface area contributed by atoms with E-state index in [1.807, 2.05) is 29.2 Å². The monoisotopic (exact) mass is 527 g/mol. The molecule has 3 aromatic rings. The Bertz CT molecular complexity index is 1290. The van der Waals surface area contributed by atoms with E-state index in [1.165, 1.54) is 13.3 Å². The Labute approximate surface area is 219 Å². The molecule has 2 aliphatic rings. The number of piperidine rings is 1. The van der Waals surface area contributed by atoms with E-state index in [0.717, 1.165) is 24.8 Å². The minimum absolute atomic E-state index is 0.0247. The van der Waals surface area contributed by atoms with Gasteiger partial charge in [-0.15, -0.1) is 0 Å². The van der Waals surface area contributed by atoms with Crippen molar-refractivity contribution in [1.82, 2.24) is 25.4 Å². The molecule has 1 saturated carbocycles. The molecule has 1 aliphatic carbocycles. The Morgan fingerprint density at radius 1 is 1.25 bits per heavy atom. The summed E-state index contributed by atoms with van der Waals surface area (Å²) in [5, 5.41) is 11.3. The number of ether oxygens (including phenoxy) is 1. The van der Waals surface area contributed by atoms with Crippen molar-refractivity contribution in [1.29, 1.82) is 0 Å². The number of hydrogen-bond acceptors (Lipinski definition) is 5. The van der Waals surface area contributed by atoms with Crippen LogP contribution in [0.4, 0.5) is 0 Å². The number of H-pyrrole nitrogens is 1. The van der Waals surface area contributed by atoms with Crippen LogP contribution in [-0.4, -0.2) is 51.1 Å². The maximum absolute atomic E-state index is 13.5. The molecule has 10 heteroatoms. The lowest BCUT2D eigenvalue weighted by atomic mass is 9.67. The second kappa shape index (κ2) is 10.1. The standard InChI is InChI=1S/C26H27Cl2N5O3/c1-36-23-11-19(20(28)15-29-23)21-12-22(32-31-21)25(35)33-9-6-17(13-26(33)7-3-8-26)24(34)30-14-16-4-2-5-18(27)10-16/h2,4-5,10-12,15,17H,3,6-9,13-14H2,1H3,(H,30,34)(H,31,32). The quantitative estimate of drug-likeness (QED) is 0.475. The molecule has 0 bridgehead atoms. The van der Waals surface area contributed by atoms with Crippen LogP contribution in [0.2, 0.25) is 10.0 Å². The molecule has 2 fully saturated rings. The predicted octanol–water partition coefficient (Wildman–Crippen LogP) is 4.88. The number of likely N-dealkylation sites (tertiary alicyclic amines) is 1. The van der Waals surface area contributed by atoms with E-state index in [4.69, 9.17) is 27.9 Å². The van der Waals surface area contributed by atoms with Gasteiger partial charge in [-0.3, -0.25) is 14.7 Å². The van der Waals surface area contributed by atoms with Gasteiger partial charge in [-0.25, -0.2) is 4.98 Å². The third-order valence-electron chi connectivity index (χ3n) is 7.28. The number of amides is 2. The van der Waals surface area contributed by atoms with Crippen LogP contribution in [0.1, 0.15) is 48.2 Å². The van der Waals surface area contributed by atoms with E-state index >= 15 is 0 Å². The Balaban J connectivity index is 1.27. The van der Waals surface area contributed by atoms with Gasteiger partial charge in [0, 0.05) is 41.2 Å². The molecule has 1 aliphatic heterocycles.